The zero-order valence-electron chi connectivity index (χ0n) is 9.02. The molecule has 4 heteroatoms. The molecular formula is C12H11NO3. The Kier molecular flexibility index (Phi) is 2.48. The fraction of sp³-hybridized carbons (Fsp3) is 0.167. The summed E-state index contributed by atoms with van der Waals surface area (Å²) in [5.74, 6) is -0.642. The van der Waals surface area contributed by atoms with E-state index in [1.54, 1.807) is 6.07 Å². The summed E-state index contributed by atoms with van der Waals surface area (Å²) >= 11 is 0. The van der Waals surface area contributed by atoms with Gasteiger partial charge in [-0.2, -0.15) is 0 Å². The predicted molar refractivity (Wildman–Crippen MR) is 60.0 cm³/mol. The lowest BCUT2D eigenvalue weighted by molar-refractivity contribution is 0.0693. The molecule has 0 aliphatic rings. The normalized spacial score (nSPS) is 10.4. The molecule has 1 heterocycles. The number of aryl methyl sites for hydroxylation is 1. The lowest BCUT2D eigenvalue weighted by Crippen LogP contribution is -2.01. The van der Waals surface area contributed by atoms with E-state index >= 15 is 0 Å². The highest BCUT2D eigenvalue weighted by molar-refractivity contribution is 5.99. The standard InChI is InChI=1S/C12H11NO3/c1-7-3-4-8-10(13-7)6-5-9(12(14)15)11(8)16-2/h3-6H,1-2H3,(H,14,15). The number of hydrogen-bond acceptors (Lipinski definition) is 3. The highest BCUT2D eigenvalue weighted by Crippen LogP contribution is 2.28. The average molecular weight is 217 g/mol. The minimum atomic E-state index is -1.00. The molecule has 1 N–H and O–H groups in total. The van der Waals surface area contributed by atoms with Crippen LogP contribution in [0.15, 0.2) is 24.3 Å². The summed E-state index contributed by atoms with van der Waals surface area (Å²) in [5, 5.41) is 9.73. The van der Waals surface area contributed by atoms with E-state index in [0.717, 1.165) is 11.2 Å². The average Bonchev–Trinajstić information content (AvgIpc) is 2.26. The SMILES string of the molecule is COc1c(C(=O)O)ccc2nc(C)ccc12. The molecule has 0 saturated carbocycles. The first-order valence-electron chi connectivity index (χ1n) is 4.81. The van der Waals surface area contributed by atoms with Crippen molar-refractivity contribution in [3.8, 4) is 5.75 Å². The molecule has 4 nitrogen and oxygen atoms in total. The molecule has 0 amide bonds. The van der Waals surface area contributed by atoms with Crippen LogP contribution in [0, 0.1) is 6.92 Å². The number of carbonyl (C=O) groups is 1. The summed E-state index contributed by atoms with van der Waals surface area (Å²) in [6, 6.07) is 6.85. The number of fused-ring (bicyclic) bond motifs is 1. The molecule has 0 radical (unpaired) electrons. The van der Waals surface area contributed by atoms with Crippen LogP contribution in [0.25, 0.3) is 10.9 Å². The monoisotopic (exact) mass is 217 g/mol. The Morgan fingerprint density at radius 3 is 2.69 bits per heavy atom. The molecule has 1 aromatic carbocycles. The first-order valence-corrected chi connectivity index (χ1v) is 4.81. The Morgan fingerprint density at radius 1 is 1.31 bits per heavy atom. The molecule has 2 rings (SSSR count). The largest absolute Gasteiger partial charge is 0.495 e. The number of aromatic nitrogens is 1. The smallest absolute Gasteiger partial charge is 0.339 e. The fourth-order valence-corrected chi connectivity index (χ4v) is 1.67. The number of nitrogens with zero attached hydrogens (tertiary/aromatic N) is 1. The summed E-state index contributed by atoms with van der Waals surface area (Å²) in [5.41, 5.74) is 1.78. The summed E-state index contributed by atoms with van der Waals surface area (Å²) in [4.78, 5) is 15.3. The van der Waals surface area contributed by atoms with Crippen LogP contribution < -0.4 is 4.74 Å². The van der Waals surface area contributed by atoms with Crippen LogP contribution in [0.2, 0.25) is 0 Å². The first-order chi connectivity index (χ1) is 7.63. The second kappa shape index (κ2) is 3.81. The third kappa shape index (κ3) is 1.58. The van der Waals surface area contributed by atoms with Gasteiger partial charge in [0.1, 0.15) is 11.3 Å². The van der Waals surface area contributed by atoms with E-state index < -0.39 is 5.97 Å². The summed E-state index contributed by atoms with van der Waals surface area (Å²) < 4.78 is 5.14. The fourth-order valence-electron chi connectivity index (χ4n) is 1.67. The molecule has 0 atom stereocenters. The second-order valence-electron chi connectivity index (χ2n) is 3.47. The molecular weight excluding hydrogens is 206 g/mol. The van der Waals surface area contributed by atoms with E-state index in [1.807, 2.05) is 19.1 Å². The van der Waals surface area contributed by atoms with E-state index in [-0.39, 0.29) is 5.56 Å². The van der Waals surface area contributed by atoms with Gasteiger partial charge in [-0.1, -0.05) is 0 Å². The third-order valence-corrected chi connectivity index (χ3v) is 2.40. The van der Waals surface area contributed by atoms with Gasteiger partial charge in [0, 0.05) is 11.1 Å². The van der Waals surface area contributed by atoms with Crippen molar-refractivity contribution in [2.75, 3.05) is 7.11 Å². The number of hydrogen-bond donors (Lipinski definition) is 1. The van der Waals surface area contributed by atoms with E-state index in [4.69, 9.17) is 9.84 Å². The van der Waals surface area contributed by atoms with Crippen LogP contribution in [-0.2, 0) is 0 Å². The molecule has 16 heavy (non-hydrogen) atoms. The molecule has 0 spiro atoms. The minimum absolute atomic E-state index is 0.153. The molecule has 0 unspecified atom stereocenters. The number of rotatable bonds is 2. The minimum Gasteiger partial charge on any atom is -0.495 e. The number of benzene rings is 1. The van der Waals surface area contributed by atoms with Gasteiger partial charge in [-0.3, -0.25) is 4.98 Å². The molecule has 0 saturated heterocycles. The maximum atomic E-state index is 11.0. The van der Waals surface area contributed by atoms with Crippen LogP contribution in [0.5, 0.6) is 5.75 Å². The lowest BCUT2D eigenvalue weighted by Gasteiger charge is -2.08. The zero-order chi connectivity index (χ0) is 11.7. The molecule has 1 aromatic heterocycles. The van der Waals surface area contributed by atoms with Crippen molar-refractivity contribution in [1.29, 1.82) is 0 Å². The van der Waals surface area contributed by atoms with Gasteiger partial charge >= 0.3 is 5.97 Å². The maximum Gasteiger partial charge on any atom is 0.339 e. The topological polar surface area (TPSA) is 59.4 Å². The summed E-state index contributed by atoms with van der Waals surface area (Å²) in [7, 11) is 1.46. The Morgan fingerprint density at radius 2 is 2.06 bits per heavy atom. The van der Waals surface area contributed by atoms with Crippen LogP contribution in [0.1, 0.15) is 16.1 Å². The van der Waals surface area contributed by atoms with Gasteiger partial charge < -0.3 is 9.84 Å². The van der Waals surface area contributed by atoms with Crippen LogP contribution in [0.3, 0.4) is 0 Å². The van der Waals surface area contributed by atoms with Crippen molar-refractivity contribution in [3.63, 3.8) is 0 Å². The quantitative estimate of drug-likeness (QED) is 0.838. The molecule has 82 valence electrons. The molecule has 0 fully saturated rings. The Labute approximate surface area is 92.5 Å². The van der Waals surface area contributed by atoms with Crippen LogP contribution in [0.4, 0.5) is 0 Å². The molecule has 0 aliphatic heterocycles. The Balaban J connectivity index is 2.80. The van der Waals surface area contributed by atoms with E-state index in [0.29, 0.717) is 11.1 Å². The van der Waals surface area contributed by atoms with Crippen LogP contribution >= 0.6 is 0 Å². The maximum absolute atomic E-state index is 11.0. The van der Waals surface area contributed by atoms with Gasteiger partial charge in [-0.25, -0.2) is 4.79 Å². The third-order valence-electron chi connectivity index (χ3n) is 2.40. The van der Waals surface area contributed by atoms with Gasteiger partial charge in [-0.05, 0) is 31.2 Å². The number of carboxylic acids is 1. The molecule has 0 aliphatic carbocycles. The number of aromatic carboxylic acids is 1. The van der Waals surface area contributed by atoms with Crippen molar-refractivity contribution < 1.29 is 14.6 Å². The number of pyridine rings is 1. The molecule has 0 bridgehead atoms. The Bertz CT molecular complexity index is 563. The predicted octanol–water partition coefficient (Wildman–Crippen LogP) is 2.25. The van der Waals surface area contributed by atoms with Gasteiger partial charge in [0.25, 0.3) is 0 Å². The first kappa shape index (κ1) is 10.4. The number of carboxylic acid groups (broad SMARTS) is 1. The van der Waals surface area contributed by atoms with E-state index in [2.05, 4.69) is 4.98 Å². The van der Waals surface area contributed by atoms with Crippen molar-refractivity contribution in [2.24, 2.45) is 0 Å². The highest BCUT2D eigenvalue weighted by Gasteiger charge is 2.14. The number of ether oxygens (including phenoxy) is 1. The van der Waals surface area contributed by atoms with Gasteiger partial charge in [0.15, 0.2) is 0 Å². The lowest BCUT2D eigenvalue weighted by atomic mass is 10.1. The van der Waals surface area contributed by atoms with Gasteiger partial charge in [0.05, 0.1) is 12.6 Å². The van der Waals surface area contributed by atoms with Crippen molar-refractivity contribution in [2.45, 2.75) is 6.92 Å². The highest BCUT2D eigenvalue weighted by atomic mass is 16.5. The van der Waals surface area contributed by atoms with Crippen molar-refractivity contribution >= 4 is 16.9 Å². The summed E-state index contributed by atoms with van der Waals surface area (Å²) in [6.07, 6.45) is 0. The molecule has 2 aromatic rings. The van der Waals surface area contributed by atoms with Crippen LogP contribution in [-0.4, -0.2) is 23.2 Å². The Hall–Kier alpha value is -2.10. The second-order valence-corrected chi connectivity index (χ2v) is 3.47. The summed E-state index contributed by atoms with van der Waals surface area (Å²) in [6.45, 7) is 1.89. The van der Waals surface area contributed by atoms with E-state index in [9.17, 15) is 4.79 Å². The zero-order valence-corrected chi connectivity index (χ0v) is 9.02. The van der Waals surface area contributed by atoms with Gasteiger partial charge in [-0.15, -0.1) is 0 Å². The van der Waals surface area contributed by atoms with Gasteiger partial charge in [0.2, 0.25) is 0 Å². The van der Waals surface area contributed by atoms with E-state index in [1.165, 1.54) is 13.2 Å². The number of methoxy groups -OCH3 is 1. The van der Waals surface area contributed by atoms with Crippen molar-refractivity contribution in [3.05, 3.63) is 35.5 Å². The van der Waals surface area contributed by atoms with Crippen molar-refractivity contribution in [1.82, 2.24) is 4.98 Å².